The van der Waals surface area contributed by atoms with E-state index in [1.54, 1.807) is 0 Å². The molecular weight excluding hydrogens is 299 g/mol. The van der Waals surface area contributed by atoms with Crippen molar-refractivity contribution in [2.24, 2.45) is 0 Å². The van der Waals surface area contributed by atoms with Crippen molar-refractivity contribution in [2.75, 3.05) is 18.0 Å². The molecule has 0 aliphatic carbocycles. The van der Waals surface area contributed by atoms with E-state index in [1.165, 1.54) is 23.9 Å². The fourth-order valence-electron chi connectivity index (χ4n) is 3.55. The van der Waals surface area contributed by atoms with Crippen LogP contribution in [-0.4, -0.2) is 36.4 Å². The number of hydrogen-bond acceptors (Lipinski definition) is 4. The summed E-state index contributed by atoms with van der Waals surface area (Å²) in [6.07, 6.45) is 4.51. The average Bonchev–Trinajstić information content (AvgIpc) is 3.13. The lowest BCUT2D eigenvalue weighted by molar-refractivity contribution is 0.00578. The number of nitrogens with zero attached hydrogens (tertiary/aromatic N) is 2. The summed E-state index contributed by atoms with van der Waals surface area (Å²) in [6, 6.07) is 8.46. The molecule has 2 aliphatic rings. The number of rotatable bonds is 2. The summed E-state index contributed by atoms with van der Waals surface area (Å²) in [5.74, 6) is 0. The van der Waals surface area contributed by atoms with Gasteiger partial charge in [-0.3, -0.25) is 4.98 Å². The lowest BCUT2D eigenvalue weighted by Crippen LogP contribution is -2.41. The third-order valence-corrected chi connectivity index (χ3v) is 5.73. The molecule has 5 heteroatoms. The summed E-state index contributed by atoms with van der Waals surface area (Å²) in [5, 5.41) is 2.36. The third-order valence-electron chi connectivity index (χ3n) is 5.73. The first-order valence-corrected chi connectivity index (χ1v) is 8.87. The van der Waals surface area contributed by atoms with Gasteiger partial charge >= 0.3 is 7.12 Å². The molecule has 0 bridgehead atoms. The second kappa shape index (κ2) is 5.46. The zero-order valence-electron chi connectivity index (χ0n) is 15.0. The first kappa shape index (κ1) is 15.9. The summed E-state index contributed by atoms with van der Waals surface area (Å²) in [6.45, 7) is 10.5. The van der Waals surface area contributed by atoms with Crippen LogP contribution in [0.2, 0.25) is 0 Å². The van der Waals surface area contributed by atoms with E-state index in [-0.39, 0.29) is 11.2 Å². The van der Waals surface area contributed by atoms with Crippen molar-refractivity contribution in [3.63, 3.8) is 0 Å². The predicted octanol–water partition coefficient (Wildman–Crippen LogP) is 3.13. The molecule has 126 valence electrons. The lowest BCUT2D eigenvalue weighted by Gasteiger charge is -2.32. The van der Waals surface area contributed by atoms with E-state index >= 15 is 0 Å². The van der Waals surface area contributed by atoms with Crippen LogP contribution in [0.1, 0.15) is 40.5 Å². The van der Waals surface area contributed by atoms with E-state index < -0.39 is 7.12 Å². The molecule has 0 saturated carbocycles. The first-order valence-electron chi connectivity index (χ1n) is 8.87. The number of aromatic nitrogens is 1. The number of anilines is 1. The quantitative estimate of drug-likeness (QED) is 0.795. The van der Waals surface area contributed by atoms with E-state index in [9.17, 15) is 0 Å². The minimum atomic E-state index is -0.424. The standard InChI is InChI=1S/C19H25BN2O2/c1-18(2)19(3,4)24-20(23-18)17-15-10-6-5-9-14(15)16(13-21-17)22-11-7-8-12-22/h5-6,9-10,13H,7-8,11-12H2,1-4H3. The van der Waals surface area contributed by atoms with Gasteiger partial charge in [0.1, 0.15) is 0 Å². The Hall–Kier alpha value is -1.59. The molecule has 24 heavy (non-hydrogen) atoms. The van der Waals surface area contributed by atoms with E-state index in [1.807, 2.05) is 6.20 Å². The Balaban J connectivity index is 1.79. The monoisotopic (exact) mass is 324 g/mol. The molecule has 0 atom stereocenters. The van der Waals surface area contributed by atoms with E-state index in [4.69, 9.17) is 14.3 Å². The fourth-order valence-corrected chi connectivity index (χ4v) is 3.55. The Morgan fingerprint density at radius 3 is 2.17 bits per heavy atom. The molecular formula is C19H25BN2O2. The van der Waals surface area contributed by atoms with Gasteiger partial charge in [0.2, 0.25) is 0 Å². The maximum absolute atomic E-state index is 6.23. The molecule has 0 N–H and O–H groups in total. The van der Waals surface area contributed by atoms with Gasteiger partial charge in [0.15, 0.2) is 0 Å². The molecule has 0 spiro atoms. The van der Waals surface area contributed by atoms with E-state index in [0.717, 1.165) is 24.1 Å². The third kappa shape index (κ3) is 2.42. The largest absolute Gasteiger partial charge is 0.515 e. The summed E-state index contributed by atoms with van der Waals surface area (Å²) in [7, 11) is -0.424. The predicted molar refractivity (Wildman–Crippen MR) is 98.9 cm³/mol. The van der Waals surface area contributed by atoms with Gasteiger partial charge in [0.05, 0.1) is 28.7 Å². The molecule has 2 aromatic rings. The smallest absolute Gasteiger partial charge is 0.398 e. The minimum absolute atomic E-state index is 0.353. The highest BCUT2D eigenvalue weighted by Gasteiger charge is 2.52. The second-order valence-corrected chi connectivity index (χ2v) is 7.86. The summed E-state index contributed by atoms with van der Waals surface area (Å²) >= 11 is 0. The summed E-state index contributed by atoms with van der Waals surface area (Å²) in [5.41, 5.74) is 1.40. The second-order valence-electron chi connectivity index (χ2n) is 7.86. The number of benzene rings is 1. The van der Waals surface area contributed by atoms with Gasteiger partial charge in [0.25, 0.3) is 0 Å². The SMILES string of the molecule is CC1(C)OB(c2ncc(N3CCCC3)c3ccccc23)OC1(C)C. The van der Waals surface area contributed by atoms with Crippen LogP contribution in [-0.2, 0) is 9.31 Å². The van der Waals surface area contributed by atoms with Gasteiger partial charge in [-0.15, -0.1) is 0 Å². The molecule has 2 saturated heterocycles. The maximum Gasteiger partial charge on any atom is 0.515 e. The van der Waals surface area contributed by atoms with Gasteiger partial charge < -0.3 is 14.2 Å². The van der Waals surface area contributed by atoms with Gasteiger partial charge in [-0.25, -0.2) is 0 Å². The molecule has 3 heterocycles. The number of hydrogen-bond donors (Lipinski definition) is 0. The molecule has 4 rings (SSSR count). The highest BCUT2D eigenvalue weighted by Crippen LogP contribution is 2.37. The molecule has 0 amide bonds. The fraction of sp³-hybridized carbons (Fsp3) is 0.526. The van der Waals surface area contributed by atoms with Crippen molar-refractivity contribution in [3.05, 3.63) is 30.5 Å². The van der Waals surface area contributed by atoms with Gasteiger partial charge in [-0.2, -0.15) is 0 Å². The molecule has 4 nitrogen and oxygen atoms in total. The molecule has 2 aliphatic heterocycles. The molecule has 1 aromatic carbocycles. The van der Waals surface area contributed by atoms with E-state index in [0.29, 0.717) is 0 Å². The first-order chi connectivity index (χ1) is 11.4. The Morgan fingerprint density at radius 2 is 1.54 bits per heavy atom. The van der Waals surface area contributed by atoms with Crippen LogP contribution in [0, 0.1) is 0 Å². The zero-order chi connectivity index (χ0) is 16.9. The van der Waals surface area contributed by atoms with Crippen molar-refractivity contribution in [1.29, 1.82) is 0 Å². The molecule has 0 radical (unpaired) electrons. The summed E-state index contributed by atoms with van der Waals surface area (Å²) < 4.78 is 12.5. The van der Waals surface area contributed by atoms with Crippen LogP contribution in [0.15, 0.2) is 30.5 Å². The normalized spacial score (nSPS) is 22.5. The van der Waals surface area contributed by atoms with Crippen molar-refractivity contribution in [2.45, 2.75) is 51.7 Å². The van der Waals surface area contributed by atoms with Crippen LogP contribution in [0.25, 0.3) is 10.8 Å². The van der Waals surface area contributed by atoms with Gasteiger partial charge in [-0.05, 0) is 40.5 Å². The van der Waals surface area contributed by atoms with Crippen LogP contribution in [0.4, 0.5) is 5.69 Å². The number of pyridine rings is 1. The van der Waals surface area contributed by atoms with Crippen LogP contribution < -0.4 is 10.5 Å². The molecule has 1 aromatic heterocycles. The van der Waals surface area contributed by atoms with Crippen molar-refractivity contribution in [1.82, 2.24) is 4.98 Å². The van der Waals surface area contributed by atoms with Crippen LogP contribution >= 0.6 is 0 Å². The average molecular weight is 324 g/mol. The van der Waals surface area contributed by atoms with Crippen molar-refractivity contribution < 1.29 is 9.31 Å². The van der Waals surface area contributed by atoms with Crippen LogP contribution in [0.5, 0.6) is 0 Å². The van der Waals surface area contributed by atoms with E-state index in [2.05, 4.69) is 56.9 Å². The highest BCUT2D eigenvalue weighted by atomic mass is 16.7. The molecule has 0 unspecified atom stereocenters. The maximum atomic E-state index is 6.23. The molecule has 2 fully saturated rings. The van der Waals surface area contributed by atoms with Crippen molar-refractivity contribution in [3.8, 4) is 0 Å². The highest BCUT2D eigenvalue weighted by molar-refractivity contribution is 6.64. The number of fused-ring (bicyclic) bond motifs is 1. The van der Waals surface area contributed by atoms with Crippen molar-refractivity contribution >= 4 is 29.2 Å². The minimum Gasteiger partial charge on any atom is -0.398 e. The Labute approximate surface area is 144 Å². The van der Waals surface area contributed by atoms with Gasteiger partial charge in [0, 0.05) is 23.9 Å². The van der Waals surface area contributed by atoms with Gasteiger partial charge in [-0.1, -0.05) is 24.3 Å². The summed E-state index contributed by atoms with van der Waals surface area (Å²) in [4.78, 5) is 7.21. The Kier molecular flexibility index (Phi) is 3.62. The zero-order valence-corrected chi connectivity index (χ0v) is 15.0. The topological polar surface area (TPSA) is 34.6 Å². The lowest BCUT2D eigenvalue weighted by atomic mass is 9.81. The Morgan fingerprint density at radius 1 is 0.958 bits per heavy atom. The Bertz CT molecular complexity index is 753. The van der Waals surface area contributed by atoms with Crippen LogP contribution in [0.3, 0.4) is 0 Å².